The third kappa shape index (κ3) is 4.45. The molecule has 4 rings (SSSR count). The molecule has 0 aliphatic carbocycles. The van der Waals surface area contributed by atoms with Crippen LogP contribution in [0.4, 0.5) is 0 Å². The predicted molar refractivity (Wildman–Crippen MR) is 130 cm³/mol. The van der Waals surface area contributed by atoms with Gasteiger partial charge in [0.2, 0.25) is 0 Å². The Kier molecular flexibility index (Phi) is 6.43. The number of hydrogen-bond donors (Lipinski definition) is 1. The van der Waals surface area contributed by atoms with Gasteiger partial charge in [0.1, 0.15) is 0 Å². The number of aromatic carboxylic acids is 1. The summed E-state index contributed by atoms with van der Waals surface area (Å²) >= 11 is 6.29. The molecule has 0 aliphatic rings. The van der Waals surface area contributed by atoms with Crippen LogP contribution in [0.5, 0.6) is 0 Å². The first-order valence-electron chi connectivity index (χ1n) is 10.7. The van der Waals surface area contributed by atoms with Crippen molar-refractivity contribution < 1.29 is 14.7 Å². The van der Waals surface area contributed by atoms with Gasteiger partial charge in [0.05, 0.1) is 17.8 Å². The predicted octanol–water partition coefficient (Wildman–Crippen LogP) is 6.05. The third-order valence-corrected chi connectivity index (χ3v) is 5.81. The van der Waals surface area contributed by atoms with Gasteiger partial charge in [-0.15, -0.1) is 0 Å². The number of Topliss-reactive ketones (excluding diaryl/α,β-unsaturated/α-hetero) is 1. The highest BCUT2D eigenvalue weighted by Crippen LogP contribution is 2.33. The number of halogens is 1. The Morgan fingerprint density at radius 2 is 1.64 bits per heavy atom. The number of carbonyl (C=O) groups is 2. The van der Waals surface area contributed by atoms with Crippen molar-refractivity contribution in [3.63, 3.8) is 0 Å². The van der Waals surface area contributed by atoms with Crippen molar-refractivity contribution in [1.29, 1.82) is 0 Å². The van der Waals surface area contributed by atoms with E-state index in [1.165, 1.54) is 16.7 Å². The Morgan fingerprint density at radius 3 is 2.27 bits per heavy atom. The summed E-state index contributed by atoms with van der Waals surface area (Å²) in [5, 5.41) is 10.8. The zero-order chi connectivity index (χ0) is 23.5. The fourth-order valence-corrected chi connectivity index (χ4v) is 4.21. The van der Waals surface area contributed by atoms with Crippen molar-refractivity contribution in [2.24, 2.45) is 0 Å². The zero-order valence-corrected chi connectivity index (χ0v) is 18.8. The molecule has 1 aromatic heterocycles. The number of carboxylic acids is 1. The molecule has 0 fully saturated rings. The molecular formula is C27H22ClNO4. The van der Waals surface area contributed by atoms with E-state index in [1.807, 2.05) is 37.3 Å². The number of carboxylic acid groups (broad SMARTS) is 1. The monoisotopic (exact) mass is 459 g/mol. The number of nitrogens with zero attached hydrogens (tertiary/aromatic N) is 1. The van der Waals surface area contributed by atoms with Crippen molar-refractivity contribution >= 4 is 34.1 Å². The lowest BCUT2D eigenvalue weighted by Gasteiger charge is -2.20. The lowest BCUT2D eigenvalue weighted by Crippen LogP contribution is -2.28. The van der Waals surface area contributed by atoms with Crippen LogP contribution in [-0.2, 0) is 6.54 Å². The second-order valence-electron chi connectivity index (χ2n) is 7.85. The fourth-order valence-electron chi connectivity index (χ4n) is 4.04. The van der Waals surface area contributed by atoms with Crippen LogP contribution in [0, 0.1) is 0 Å². The first-order chi connectivity index (χ1) is 15.9. The lowest BCUT2D eigenvalue weighted by atomic mass is 9.93. The molecule has 1 N–H and O–H groups in total. The zero-order valence-electron chi connectivity index (χ0n) is 18.0. The molecule has 166 valence electrons. The molecule has 0 radical (unpaired) electrons. The topological polar surface area (TPSA) is 76.4 Å². The average Bonchev–Trinajstić information content (AvgIpc) is 2.81. The summed E-state index contributed by atoms with van der Waals surface area (Å²) in [6.45, 7) is 2.06. The highest BCUT2D eigenvalue weighted by Gasteiger charge is 2.23. The molecule has 0 saturated heterocycles. The fraction of sp³-hybridized carbons (Fsp3) is 0.148. The molecule has 0 atom stereocenters. The minimum atomic E-state index is -1.02. The molecule has 0 spiro atoms. The van der Waals surface area contributed by atoms with Gasteiger partial charge in [-0.05, 0) is 53.3 Å². The van der Waals surface area contributed by atoms with Crippen LogP contribution in [0.3, 0.4) is 0 Å². The Bertz CT molecular complexity index is 1410. The summed E-state index contributed by atoms with van der Waals surface area (Å²) in [5.41, 5.74) is 2.42. The maximum Gasteiger partial charge on any atom is 0.335 e. The standard InChI is InChI=1S/C27H22ClNO4/c1-2-6-23(30)25-24(18-7-4-3-5-8-18)22-15-20(28)13-14-21(22)26(31)29(25)16-17-9-11-19(12-10-17)27(32)33/h3-5,7-15H,2,6,16H2,1H3,(H,32,33). The summed E-state index contributed by atoms with van der Waals surface area (Å²) in [6.07, 6.45) is 0.936. The van der Waals surface area contributed by atoms with E-state index in [-0.39, 0.29) is 23.5 Å². The van der Waals surface area contributed by atoms with Crippen LogP contribution < -0.4 is 5.56 Å². The van der Waals surface area contributed by atoms with E-state index in [1.54, 1.807) is 30.3 Å². The number of ketones is 1. The van der Waals surface area contributed by atoms with E-state index in [4.69, 9.17) is 11.6 Å². The van der Waals surface area contributed by atoms with Gasteiger partial charge in [0, 0.05) is 22.4 Å². The molecule has 4 aromatic rings. The quantitative estimate of drug-likeness (QED) is 0.341. The van der Waals surface area contributed by atoms with Gasteiger partial charge in [-0.3, -0.25) is 14.2 Å². The van der Waals surface area contributed by atoms with E-state index >= 15 is 0 Å². The summed E-state index contributed by atoms with van der Waals surface area (Å²) in [4.78, 5) is 38.2. The van der Waals surface area contributed by atoms with Gasteiger partial charge in [0.15, 0.2) is 5.78 Å². The van der Waals surface area contributed by atoms with Crippen molar-refractivity contribution in [1.82, 2.24) is 4.57 Å². The number of pyridine rings is 1. The van der Waals surface area contributed by atoms with Crippen LogP contribution in [0.1, 0.15) is 46.2 Å². The first-order valence-corrected chi connectivity index (χ1v) is 11.1. The maximum absolute atomic E-state index is 13.6. The first kappa shape index (κ1) is 22.5. The van der Waals surface area contributed by atoms with Crippen LogP contribution in [0.2, 0.25) is 5.02 Å². The summed E-state index contributed by atoms with van der Waals surface area (Å²) in [5.74, 6) is -1.15. The Labute approximate surface area is 195 Å². The number of rotatable bonds is 7. The van der Waals surface area contributed by atoms with Crippen molar-refractivity contribution in [2.75, 3.05) is 0 Å². The molecule has 5 nitrogen and oxygen atoms in total. The molecule has 33 heavy (non-hydrogen) atoms. The van der Waals surface area contributed by atoms with Crippen molar-refractivity contribution in [2.45, 2.75) is 26.3 Å². The highest BCUT2D eigenvalue weighted by molar-refractivity contribution is 6.31. The average molecular weight is 460 g/mol. The molecule has 6 heteroatoms. The van der Waals surface area contributed by atoms with Crippen molar-refractivity contribution in [3.05, 3.63) is 105 Å². The second kappa shape index (κ2) is 9.43. The minimum Gasteiger partial charge on any atom is -0.478 e. The van der Waals surface area contributed by atoms with Crippen LogP contribution in [0.15, 0.2) is 77.6 Å². The van der Waals surface area contributed by atoms with Crippen LogP contribution in [-0.4, -0.2) is 21.4 Å². The highest BCUT2D eigenvalue weighted by atomic mass is 35.5. The van der Waals surface area contributed by atoms with E-state index < -0.39 is 5.97 Å². The molecule has 1 heterocycles. The number of carbonyl (C=O) groups excluding carboxylic acids is 1. The van der Waals surface area contributed by atoms with E-state index in [2.05, 4.69) is 0 Å². The normalized spacial score (nSPS) is 11.0. The maximum atomic E-state index is 13.6. The van der Waals surface area contributed by atoms with E-state index in [9.17, 15) is 19.5 Å². The molecule has 0 amide bonds. The second-order valence-corrected chi connectivity index (χ2v) is 8.28. The van der Waals surface area contributed by atoms with E-state index in [0.29, 0.717) is 39.9 Å². The number of benzene rings is 3. The SMILES string of the molecule is CCCC(=O)c1c(-c2ccccc2)c2cc(Cl)ccc2c(=O)n1Cc1ccc(C(=O)O)cc1. The molecule has 3 aromatic carbocycles. The minimum absolute atomic E-state index is 0.127. The van der Waals surface area contributed by atoms with Gasteiger partial charge in [-0.1, -0.05) is 61.0 Å². The molecular weight excluding hydrogens is 438 g/mol. The third-order valence-electron chi connectivity index (χ3n) is 5.58. The lowest BCUT2D eigenvalue weighted by molar-refractivity contribution is 0.0696. The van der Waals surface area contributed by atoms with Gasteiger partial charge in [0.25, 0.3) is 5.56 Å². The Morgan fingerprint density at radius 1 is 0.939 bits per heavy atom. The summed E-state index contributed by atoms with van der Waals surface area (Å²) in [6, 6.07) is 20.9. The van der Waals surface area contributed by atoms with E-state index in [0.717, 1.165) is 11.1 Å². The van der Waals surface area contributed by atoms with Crippen molar-refractivity contribution in [3.8, 4) is 11.1 Å². The van der Waals surface area contributed by atoms with Gasteiger partial charge in [-0.2, -0.15) is 0 Å². The number of hydrogen-bond acceptors (Lipinski definition) is 3. The Hall–Kier alpha value is -3.70. The van der Waals surface area contributed by atoms with Gasteiger partial charge < -0.3 is 5.11 Å². The number of fused-ring (bicyclic) bond motifs is 1. The Balaban J connectivity index is 2.04. The molecule has 0 saturated carbocycles. The van der Waals surface area contributed by atoms with Gasteiger partial charge >= 0.3 is 5.97 Å². The molecule has 0 aliphatic heterocycles. The van der Waals surface area contributed by atoms with Gasteiger partial charge in [-0.25, -0.2) is 4.79 Å². The number of aromatic nitrogens is 1. The van der Waals surface area contributed by atoms with Crippen LogP contribution in [0.25, 0.3) is 21.9 Å². The van der Waals surface area contributed by atoms with Crippen LogP contribution >= 0.6 is 11.6 Å². The summed E-state index contributed by atoms with van der Waals surface area (Å²) in [7, 11) is 0. The smallest absolute Gasteiger partial charge is 0.335 e. The summed E-state index contributed by atoms with van der Waals surface area (Å²) < 4.78 is 1.51. The largest absolute Gasteiger partial charge is 0.478 e. The molecule has 0 bridgehead atoms. The molecule has 0 unspecified atom stereocenters.